The molecule has 41 heavy (non-hydrogen) atoms. The highest BCUT2D eigenvalue weighted by Crippen LogP contribution is 2.49. The fraction of sp³-hybridized carbons (Fsp3) is 0.0294. The van der Waals surface area contributed by atoms with Crippen LogP contribution in [-0.4, -0.2) is 15.3 Å². The number of phenolic OH excluding ortho intramolecular Hbond substituents is 3. The van der Waals surface area contributed by atoms with Gasteiger partial charge in [0.1, 0.15) is 34.1 Å². The number of hydrogen-bond acceptors (Lipinski definition) is 7. The molecule has 0 unspecified atom stereocenters. The van der Waals surface area contributed by atoms with E-state index in [-0.39, 0.29) is 27.9 Å². The Balaban J connectivity index is 1.42. The molecule has 0 aliphatic rings. The quantitative estimate of drug-likeness (QED) is 0.182. The number of phenols is 3. The van der Waals surface area contributed by atoms with Crippen molar-refractivity contribution in [1.82, 2.24) is 0 Å². The molecule has 0 aliphatic carbocycles. The molecule has 7 nitrogen and oxygen atoms in total. The Hall–Kier alpha value is -5.69. The Kier molecular flexibility index (Phi) is 6.53. The lowest BCUT2D eigenvalue weighted by molar-refractivity contribution is 0.370. The summed E-state index contributed by atoms with van der Waals surface area (Å²) < 4.78 is 17.8. The summed E-state index contributed by atoms with van der Waals surface area (Å²) in [5, 5.41) is 32.0. The summed E-state index contributed by atoms with van der Waals surface area (Å²) in [6.45, 7) is 1.63. The van der Waals surface area contributed by atoms with Crippen LogP contribution < -0.4 is 14.9 Å². The van der Waals surface area contributed by atoms with Crippen molar-refractivity contribution in [1.29, 1.82) is 0 Å². The summed E-state index contributed by atoms with van der Waals surface area (Å²) in [5.74, 6) is 0.550. The first-order valence-corrected chi connectivity index (χ1v) is 12.8. The van der Waals surface area contributed by atoms with Gasteiger partial charge < -0.3 is 29.2 Å². The predicted molar refractivity (Wildman–Crippen MR) is 156 cm³/mol. The van der Waals surface area contributed by atoms with Crippen LogP contribution in [0.15, 0.2) is 118 Å². The Morgan fingerprint density at radius 1 is 0.537 bits per heavy atom. The molecule has 6 rings (SSSR count). The maximum Gasteiger partial charge on any atom is 0.204 e. The molecule has 3 N–H and O–H groups in total. The van der Waals surface area contributed by atoms with Crippen molar-refractivity contribution >= 4 is 11.0 Å². The van der Waals surface area contributed by atoms with Crippen LogP contribution in [0.2, 0.25) is 0 Å². The van der Waals surface area contributed by atoms with Crippen LogP contribution in [0, 0.1) is 6.92 Å². The number of hydrogen-bond donors (Lipinski definition) is 3. The Bertz CT molecular complexity index is 1910. The minimum absolute atomic E-state index is 0.0511. The molecule has 1 heterocycles. The normalized spacial score (nSPS) is 11.0. The molecule has 202 valence electrons. The van der Waals surface area contributed by atoms with E-state index in [9.17, 15) is 20.1 Å². The number of para-hydroxylation sites is 2. The van der Waals surface area contributed by atoms with Crippen LogP contribution in [0.5, 0.6) is 40.2 Å². The summed E-state index contributed by atoms with van der Waals surface area (Å²) >= 11 is 0. The minimum atomic E-state index is -0.814. The van der Waals surface area contributed by atoms with E-state index in [0.717, 1.165) is 0 Å². The van der Waals surface area contributed by atoms with Crippen molar-refractivity contribution in [3.63, 3.8) is 0 Å². The Morgan fingerprint density at radius 3 is 1.46 bits per heavy atom. The van der Waals surface area contributed by atoms with Crippen LogP contribution in [0.25, 0.3) is 33.2 Å². The summed E-state index contributed by atoms with van der Waals surface area (Å²) in [7, 11) is 0. The van der Waals surface area contributed by atoms with Gasteiger partial charge in [-0.1, -0.05) is 60.7 Å². The first kappa shape index (κ1) is 25.6. The van der Waals surface area contributed by atoms with Gasteiger partial charge >= 0.3 is 0 Å². The first-order valence-electron chi connectivity index (χ1n) is 12.8. The van der Waals surface area contributed by atoms with Crippen LogP contribution in [0.4, 0.5) is 0 Å². The third kappa shape index (κ3) is 4.81. The number of benzene rings is 5. The van der Waals surface area contributed by atoms with E-state index in [1.165, 1.54) is 0 Å². The summed E-state index contributed by atoms with van der Waals surface area (Å²) in [4.78, 5) is 13.8. The van der Waals surface area contributed by atoms with E-state index in [2.05, 4.69) is 0 Å². The largest absolute Gasteiger partial charge is 0.504 e. The van der Waals surface area contributed by atoms with Crippen molar-refractivity contribution < 1.29 is 29.2 Å². The highest BCUT2D eigenvalue weighted by molar-refractivity contribution is 6.03. The molecule has 6 aromatic rings. The standard InChI is InChI=1S/C34H24O7/c1-20-27(21-12-16-25(17-13-21)40-23-8-4-2-5-9-23)30(35)29-32(37)33(38)31(36)28(34(29)39-20)22-14-18-26(19-15-22)41-24-10-6-3-7-11-24/h2-19,36-38H,1H3. The van der Waals surface area contributed by atoms with Gasteiger partial charge in [0.15, 0.2) is 17.1 Å². The average Bonchev–Trinajstić information content (AvgIpc) is 2.99. The topological polar surface area (TPSA) is 109 Å². The second-order valence-corrected chi connectivity index (χ2v) is 9.37. The molecular formula is C34H24O7. The van der Waals surface area contributed by atoms with Gasteiger partial charge in [0.2, 0.25) is 11.2 Å². The highest BCUT2D eigenvalue weighted by atomic mass is 16.5. The molecule has 0 saturated heterocycles. The fourth-order valence-corrected chi connectivity index (χ4v) is 4.72. The lowest BCUT2D eigenvalue weighted by Gasteiger charge is -2.15. The Labute approximate surface area is 234 Å². The van der Waals surface area contributed by atoms with Crippen LogP contribution in [-0.2, 0) is 0 Å². The monoisotopic (exact) mass is 544 g/mol. The molecule has 7 heteroatoms. The minimum Gasteiger partial charge on any atom is -0.504 e. The number of aromatic hydroxyl groups is 3. The lowest BCUT2D eigenvalue weighted by atomic mass is 9.96. The summed E-state index contributed by atoms with van der Waals surface area (Å²) in [6.07, 6.45) is 0. The SMILES string of the molecule is Cc1oc2c(-c3ccc(Oc4ccccc4)cc3)c(O)c(O)c(O)c2c(=O)c1-c1ccc(Oc2ccccc2)cc1. The number of fused-ring (bicyclic) bond motifs is 1. The zero-order valence-corrected chi connectivity index (χ0v) is 21.9. The number of aryl methyl sites for hydroxylation is 1. The van der Waals surface area contributed by atoms with E-state index in [1.807, 2.05) is 60.7 Å². The van der Waals surface area contributed by atoms with Crippen molar-refractivity contribution in [2.24, 2.45) is 0 Å². The van der Waals surface area contributed by atoms with E-state index in [1.54, 1.807) is 55.5 Å². The predicted octanol–water partition coefficient (Wildman–Crippen LogP) is 8.14. The van der Waals surface area contributed by atoms with Crippen molar-refractivity contribution in [3.05, 3.63) is 125 Å². The average molecular weight is 545 g/mol. The lowest BCUT2D eigenvalue weighted by Crippen LogP contribution is -2.08. The second kappa shape index (κ2) is 10.5. The van der Waals surface area contributed by atoms with Gasteiger partial charge in [0.05, 0.1) is 11.1 Å². The van der Waals surface area contributed by atoms with Gasteiger partial charge in [-0.25, -0.2) is 0 Å². The molecule has 0 atom stereocenters. The smallest absolute Gasteiger partial charge is 0.204 e. The molecule has 5 aromatic carbocycles. The molecule has 0 spiro atoms. The maximum absolute atomic E-state index is 13.8. The van der Waals surface area contributed by atoms with Crippen molar-refractivity contribution in [2.75, 3.05) is 0 Å². The van der Waals surface area contributed by atoms with E-state index < -0.39 is 22.7 Å². The molecule has 0 fully saturated rings. The van der Waals surface area contributed by atoms with Gasteiger partial charge in [0.25, 0.3) is 0 Å². The van der Waals surface area contributed by atoms with Gasteiger partial charge in [0, 0.05) is 0 Å². The molecular weight excluding hydrogens is 520 g/mol. The number of rotatable bonds is 6. The zero-order chi connectivity index (χ0) is 28.5. The summed E-state index contributed by atoms with van der Waals surface area (Å²) in [5.41, 5.74) is 0.653. The molecule has 0 aliphatic heterocycles. The molecule has 0 bridgehead atoms. The van der Waals surface area contributed by atoms with Crippen LogP contribution in [0.3, 0.4) is 0 Å². The molecule has 0 radical (unpaired) electrons. The number of ether oxygens (including phenoxy) is 2. The van der Waals surface area contributed by atoms with Crippen LogP contribution in [0.1, 0.15) is 5.76 Å². The molecule has 1 aromatic heterocycles. The fourth-order valence-electron chi connectivity index (χ4n) is 4.72. The third-order valence-corrected chi connectivity index (χ3v) is 6.68. The van der Waals surface area contributed by atoms with Crippen LogP contribution >= 0.6 is 0 Å². The maximum atomic E-state index is 13.8. The first-order chi connectivity index (χ1) is 19.9. The second-order valence-electron chi connectivity index (χ2n) is 9.37. The van der Waals surface area contributed by atoms with Gasteiger partial charge in [-0.2, -0.15) is 0 Å². The molecule has 0 saturated carbocycles. The highest BCUT2D eigenvalue weighted by Gasteiger charge is 2.26. The Morgan fingerprint density at radius 2 is 0.976 bits per heavy atom. The van der Waals surface area contributed by atoms with Crippen molar-refractivity contribution in [2.45, 2.75) is 6.92 Å². The van der Waals surface area contributed by atoms with Gasteiger partial charge in [-0.05, 0) is 66.6 Å². The van der Waals surface area contributed by atoms with E-state index in [4.69, 9.17) is 13.9 Å². The third-order valence-electron chi connectivity index (χ3n) is 6.68. The van der Waals surface area contributed by atoms with E-state index >= 15 is 0 Å². The summed E-state index contributed by atoms with van der Waals surface area (Å²) in [6, 6.07) is 32.2. The zero-order valence-electron chi connectivity index (χ0n) is 21.9. The van der Waals surface area contributed by atoms with Gasteiger partial charge in [-0.3, -0.25) is 4.79 Å². The van der Waals surface area contributed by atoms with Gasteiger partial charge in [-0.15, -0.1) is 0 Å². The van der Waals surface area contributed by atoms with E-state index in [0.29, 0.717) is 34.1 Å². The van der Waals surface area contributed by atoms with Crippen molar-refractivity contribution in [3.8, 4) is 62.5 Å². The molecule has 0 amide bonds.